The van der Waals surface area contributed by atoms with Crippen LogP contribution in [0.15, 0.2) is 30.3 Å². The molecule has 0 amide bonds. The molecule has 0 spiro atoms. The summed E-state index contributed by atoms with van der Waals surface area (Å²) in [6.45, 7) is 5.11. The third-order valence-corrected chi connectivity index (χ3v) is 5.16. The van der Waals surface area contributed by atoms with Crippen LogP contribution in [0.4, 0.5) is 11.8 Å². The maximum Gasteiger partial charge on any atom is 0.227 e. The number of nitrogens with zero attached hydrogens (tertiary/aromatic N) is 4. The van der Waals surface area contributed by atoms with E-state index in [1.165, 1.54) is 35.5 Å². The van der Waals surface area contributed by atoms with Gasteiger partial charge < -0.3 is 15.1 Å². The Bertz CT molecular complexity index is 710. The van der Waals surface area contributed by atoms with E-state index in [9.17, 15) is 0 Å². The number of anilines is 2. The smallest absolute Gasteiger partial charge is 0.227 e. The van der Waals surface area contributed by atoms with Crippen LogP contribution in [0, 0.1) is 0 Å². The fourth-order valence-electron chi connectivity index (χ4n) is 3.80. The molecular weight excluding hydrogens is 310 g/mol. The zero-order valence-electron chi connectivity index (χ0n) is 15.0. The second-order valence-corrected chi connectivity index (χ2v) is 7.06. The van der Waals surface area contributed by atoms with E-state index in [2.05, 4.69) is 52.5 Å². The predicted molar refractivity (Wildman–Crippen MR) is 102 cm³/mol. The van der Waals surface area contributed by atoms with Gasteiger partial charge in [0.25, 0.3) is 0 Å². The lowest BCUT2D eigenvalue weighted by Gasteiger charge is -2.25. The van der Waals surface area contributed by atoms with Crippen LogP contribution in [-0.2, 0) is 19.4 Å². The van der Waals surface area contributed by atoms with Crippen LogP contribution in [0.25, 0.3) is 0 Å². The molecule has 1 aromatic carbocycles. The Kier molecular flexibility index (Phi) is 4.83. The molecule has 0 bridgehead atoms. The molecule has 25 heavy (non-hydrogen) atoms. The summed E-state index contributed by atoms with van der Waals surface area (Å²) in [6.07, 6.45) is 4.56. The van der Waals surface area contributed by atoms with Gasteiger partial charge in [0, 0.05) is 45.2 Å². The molecule has 2 aliphatic heterocycles. The molecule has 4 rings (SSSR count). The molecule has 0 atom stereocenters. The van der Waals surface area contributed by atoms with Crippen LogP contribution in [0.5, 0.6) is 0 Å². The number of rotatable bonds is 4. The zero-order chi connectivity index (χ0) is 17.1. The second kappa shape index (κ2) is 7.40. The molecule has 1 N–H and O–H groups in total. The molecule has 1 fully saturated rings. The first-order valence-electron chi connectivity index (χ1n) is 9.42. The molecule has 0 aliphatic carbocycles. The topological polar surface area (TPSA) is 44.3 Å². The molecular formula is C20H27N5. The zero-order valence-corrected chi connectivity index (χ0v) is 15.0. The number of hydrogen-bond donors (Lipinski definition) is 1. The summed E-state index contributed by atoms with van der Waals surface area (Å²) >= 11 is 0. The van der Waals surface area contributed by atoms with Crippen molar-refractivity contribution in [1.29, 1.82) is 0 Å². The third-order valence-electron chi connectivity index (χ3n) is 5.16. The highest BCUT2D eigenvalue weighted by Crippen LogP contribution is 2.28. The molecule has 1 aromatic heterocycles. The van der Waals surface area contributed by atoms with Crippen molar-refractivity contribution in [1.82, 2.24) is 15.3 Å². The van der Waals surface area contributed by atoms with Gasteiger partial charge >= 0.3 is 0 Å². The quantitative estimate of drug-likeness (QED) is 0.928. The van der Waals surface area contributed by atoms with E-state index < -0.39 is 0 Å². The fourth-order valence-corrected chi connectivity index (χ4v) is 3.80. The predicted octanol–water partition coefficient (Wildman–Crippen LogP) is 2.40. The molecule has 1 saturated heterocycles. The van der Waals surface area contributed by atoms with Gasteiger partial charge in [0.15, 0.2) is 0 Å². The van der Waals surface area contributed by atoms with Crippen molar-refractivity contribution in [2.24, 2.45) is 0 Å². The van der Waals surface area contributed by atoms with E-state index >= 15 is 0 Å². The Morgan fingerprint density at radius 1 is 1.04 bits per heavy atom. The van der Waals surface area contributed by atoms with E-state index in [4.69, 9.17) is 9.97 Å². The summed E-state index contributed by atoms with van der Waals surface area (Å²) in [4.78, 5) is 14.6. The normalized spacial score (nSPS) is 17.2. The largest absolute Gasteiger partial charge is 0.356 e. The molecule has 5 nitrogen and oxygen atoms in total. The van der Waals surface area contributed by atoms with Gasteiger partial charge in [-0.3, -0.25) is 0 Å². The second-order valence-electron chi connectivity index (χ2n) is 7.06. The molecule has 5 heteroatoms. The van der Waals surface area contributed by atoms with Gasteiger partial charge in [0.1, 0.15) is 5.82 Å². The highest BCUT2D eigenvalue weighted by atomic mass is 15.3. The average molecular weight is 337 g/mol. The Hall–Kier alpha value is -2.14. The van der Waals surface area contributed by atoms with Crippen molar-refractivity contribution in [3.8, 4) is 0 Å². The first kappa shape index (κ1) is 16.3. The first-order chi connectivity index (χ1) is 12.3. The van der Waals surface area contributed by atoms with Crippen LogP contribution in [0.2, 0.25) is 0 Å². The number of hydrogen-bond acceptors (Lipinski definition) is 5. The summed E-state index contributed by atoms with van der Waals surface area (Å²) in [7, 11) is 2.09. The molecule has 0 unspecified atom stereocenters. The Labute approximate surface area is 150 Å². The molecule has 2 aromatic rings. The van der Waals surface area contributed by atoms with Gasteiger partial charge in [0.05, 0.1) is 5.69 Å². The molecule has 2 aliphatic rings. The average Bonchev–Trinajstić information content (AvgIpc) is 3.07. The molecule has 0 saturated carbocycles. The van der Waals surface area contributed by atoms with Crippen molar-refractivity contribution in [2.45, 2.75) is 32.2 Å². The minimum Gasteiger partial charge on any atom is -0.356 e. The van der Waals surface area contributed by atoms with Crippen molar-refractivity contribution in [3.05, 3.63) is 47.2 Å². The maximum atomic E-state index is 5.02. The van der Waals surface area contributed by atoms with E-state index in [0.717, 1.165) is 51.5 Å². The van der Waals surface area contributed by atoms with Crippen LogP contribution in [0.3, 0.4) is 0 Å². The van der Waals surface area contributed by atoms with Crippen LogP contribution >= 0.6 is 0 Å². The van der Waals surface area contributed by atoms with Crippen molar-refractivity contribution in [2.75, 3.05) is 43.0 Å². The van der Waals surface area contributed by atoms with E-state index in [1.54, 1.807) is 0 Å². The minimum atomic E-state index is 0.831. The van der Waals surface area contributed by atoms with Gasteiger partial charge in [-0.25, -0.2) is 4.98 Å². The highest BCUT2D eigenvalue weighted by Gasteiger charge is 2.23. The number of fused-ring (bicyclic) bond motifs is 1. The summed E-state index contributed by atoms with van der Waals surface area (Å²) in [5, 5.41) is 3.50. The van der Waals surface area contributed by atoms with Gasteiger partial charge in [0.2, 0.25) is 5.95 Å². The monoisotopic (exact) mass is 337 g/mol. The van der Waals surface area contributed by atoms with Crippen molar-refractivity contribution in [3.63, 3.8) is 0 Å². The Balaban J connectivity index is 1.67. The number of aromatic nitrogens is 2. The van der Waals surface area contributed by atoms with Gasteiger partial charge in [-0.15, -0.1) is 0 Å². The van der Waals surface area contributed by atoms with Crippen LogP contribution in [0.1, 0.15) is 29.7 Å². The first-order valence-corrected chi connectivity index (χ1v) is 9.42. The number of benzene rings is 1. The van der Waals surface area contributed by atoms with Gasteiger partial charge in [-0.2, -0.15) is 4.98 Å². The van der Waals surface area contributed by atoms with Crippen LogP contribution in [-0.4, -0.2) is 43.2 Å². The third kappa shape index (κ3) is 3.61. The lowest BCUT2D eigenvalue weighted by Crippen LogP contribution is -2.26. The number of nitrogens with one attached hydrogen (secondary N) is 1. The summed E-state index contributed by atoms with van der Waals surface area (Å²) in [5.41, 5.74) is 3.88. The van der Waals surface area contributed by atoms with Gasteiger partial charge in [-0.05, 0) is 31.4 Å². The van der Waals surface area contributed by atoms with Crippen LogP contribution < -0.4 is 15.1 Å². The standard InChI is InChI=1S/C20H27N5/c1-24(15-16-7-3-2-4-8-16)20-22-18-10-12-21-11-9-17(18)19(23-20)25-13-5-6-14-25/h2-4,7-8,21H,5-6,9-15H2,1H3. The maximum absolute atomic E-state index is 5.02. The Morgan fingerprint density at radius 3 is 2.60 bits per heavy atom. The summed E-state index contributed by atoms with van der Waals surface area (Å²) in [5.74, 6) is 2.03. The SMILES string of the molecule is CN(Cc1ccccc1)c1nc2c(c(N3CCCC3)n1)CCNCC2. The molecule has 0 radical (unpaired) electrons. The molecule has 3 heterocycles. The molecule has 132 valence electrons. The lowest BCUT2D eigenvalue weighted by molar-refractivity contribution is 0.708. The minimum absolute atomic E-state index is 0.831. The van der Waals surface area contributed by atoms with E-state index in [-0.39, 0.29) is 0 Å². The highest BCUT2D eigenvalue weighted by molar-refractivity contribution is 5.54. The Morgan fingerprint density at radius 2 is 1.80 bits per heavy atom. The lowest BCUT2D eigenvalue weighted by atomic mass is 10.1. The summed E-state index contributed by atoms with van der Waals surface area (Å²) in [6, 6.07) is 10.5. The van der Waals surface area contributed by atoms with E-state index in [0.29, 0.717) is 0 Å². The summed E-state index contributed by atoms with van der Waals surface area (Å²) < 4.78 is 0. The van der Waals surface area contributed by atoms with Crippen molar-refractivity contribution >= 4 is 11.8 Å². The van der Waals surface area contributed by atoms with Gasteiger partial charge in [-0.1, -0.05) is 30.3 Å². The fraction of sp³-hybridized carbons (Fsp3) is 0.500. The van der Waals surface area contributed by atoms with Crippen molar-refractivity contribution < 1.29 is 0 Å². The van der Waals surface area contributed by atoms with E-state index in [1.807, 2.05) is 0 Å².